The molecule has 0 unspecified atom stereocenters. The van der Waals surface area contributed by atoms with E-state index in [0.29, 0.717) is 0 Å². The van der Waals surface area contributed by atoms with Gasteiger partial charge < -0.3 is 19.2 Å². The number of nitrogens with zero attached hydrogens (tertiary/aromatic N) is 1. The number of hydrogen-bond acceptors (Lipinski definition) is 5. The average Bonchev–Trinajstić information content (AvgIpc) is 3.63. The first-order valence-electron chi connectivity index (χ1n) is 12.0. The Morgan fingerprint density at radius 3 is 2.03 bits per heavy atom. The molecule has 0 atom stereocenters. The van der Waals surface area contributed by atoms with E-state index < -0.39 is 0 Å². The molecule has 1 aliphatic heterocycles. The maximum atomic E-state index is 6.62. The molecule has 5 nitrogen and oxygen atoms in total. The van der Waals surface area contributed by atoms with Crippen LogP contribution in [0.25, 0.3) is 44.5 Å². The van der Waals surface area contributed by atoms with Gasteiger partial charge in [0, 0.05) is 39.7 Å². The van der Waals surface area contributed by atoms with E-state index in [0.717, 1.165) is 80.5 Å². The highest BCUT2D eigenvalue weighted by atomic mass is 16.5. The van der Waals surface area contributed by atoms with E-state index in [1.807, 2.05) is 48.5 Å². The standard InChI is InChI=1S/C31H26N2O3/c1-34-27-13-7-5-9-22(27)20-17-21-19-29(23-10-3-4-12-25(23)31-32-15-16-33-31)36-30(21)26(18-20)24-11-6-8-14-28(24)35-2/h3-14,17-19H,15-16H2,1-2H3,(H,32,33). The lowest BCUT2D eigenvalue weighted by atomic mass is 9.95. The molecule has 5 aromatic rings. The van der Waals surface area contributed by atoms with Crippen molar-refractivity contribution in [3.05, 3.63) is 96.6 Å². The van der Waals surface area contributed by atoms with Crippen molar-refractivity contribution in [2.45, 2.75) is 0 Å². The molecule has 6 rings (SSSR count). The molecule has 1 N–H and O–H groups in total. The van der Waals surface area contributed by atoms with Gasteiger partial charge in [0.25, 0.3) is 0 Å². The second-order valence-corrected chi connectivity index (χ2v) is 8.66. The first kappa shape index (κ1) is 22.0. The molecule has 0 bridgehead atoms. The van der Waals surface area contributed by atoms with Crippen LogP contribution in [0.4, 0.5) is 0 Å². The van der Waals surface area contributed by atoms with Crippen molar-refractivity contribution in [2.75, 3.05) is 27.3 Å². The third-order valence-electron chi connectivity index (χ3n) is 6.55. The Morgan fingerprint density at radius 2 is 1.33 bits per heavy atom. The van der Waals surface area contributed by atoms with E-state index in [1.54, 1.807) is 14.2 Å². The molecule has 0 saturated carbocycles. The molecule has 0 radical (unpaired) electrons. The fourth-order valence-corrected chi connectivity index (χ4v) is 4.87. The van der Waals surface area contributed by atoms with Crippen LogP contribution >= 0.6 is 0 Å². The van der Waals surface area contributed by atoms with Crippen LogP contribution in [-0.4, -0.2) is 33.1 Å². The van der Waals surface area contributed by atoms with Crippen LogP contribution in [-0.2, 0) is 0 Å². The highest BCUT2D eigenvalue weighted by molar-refractivity contribution is 6.06. The van der Waals surface area contributed by atoms with E-state index >= 15 is 0 Å². The highest BCUT2D eigenvalue weighted by Gasteiger charge is 2.20. The van der Waals surface area contributed by atoms with E-state index in [2.05, 4.69) is 52.8 Å². The van der Waals surface area contributed by atoms with Crippen molar-refractivity contribution < 1.29 is 13.9 Å². The quantitative estimate of drug-likeness (QED) is 0.294. The minimum atomic E-state index is 0.782. The SMILES string of the molecule is COc1ccccc1-c1cc(-c2ccccc2OC)c2oc(-c3ccccc3C3=NCCN3)cc2c1. The number of benzene rings is 4. The number of hydrogen-bond donors (Lipinski definition) is 1. The van der Waals surface area contributed by atoms with Crippen molar-refractivity contribution >= 4 is 16.8 Å². The summed E-state index contributed by atoms with van der Waals surface area (Å²) in [7, 11) is 3.39. The van der Waals surface area contributed by atoms with Gasteiger partial charge in [-0.3, -0.25) is 4.99 Å². The van der Waals surface area contributed by atoms with Gasteiger partial charge in [-0.2, -0.15) is 0 Å². The zero-order chi connectivity index (χ0) is 24.5. The number of amidine groups is 1. The second-order valence-electron chi connectivity index (χ2n) is 8.66. The lowest BCUT2D eigenvalue weighted by Gasteiger charge is -2.13. The smallest absolute Gasteiger partial charge is 0.142 e. The highest BCUT2D eigenvalue weighted by Crippen LogP contribution is 2.43. The predicted octanol–water partition coefficient (Wildman–Crippen LogP) is 6.80. The first-order valence-corrected chi connectivity index (χ1v) is 12.0. The summed E-state index contributed by atoms with van der Waals surface area (Å²) in [5.74, 6) is 3.32. The van der Waals surface area contributed by atoms with Crippen LogP contribution < -0.4 is 14.8 Å². The number of rotatable bonds is 6. The molecular formula is C31H26N2O3. The number of aliphatic imine (C=N–C) groups is 1. The number of ether oxygens (including phenoxy) is 2. The Balaban J connectivity index is 1.61. The predicted molar refractivity (Wildman–Crippen MR) is 145 cm³/mol. The van der Waals surface area contributed by atoms with Gasteiger partial charge in [0.2, 0.25) is 0 Å². The maximum Gasteiger partial charge on any atom is 0.142 e. The van der Waals surface area contributed by atoms with E-state index in [1.165, 1.54) is 0 Å². The van der Waals surface area contributed by atoms with Crippen LogP contribution in [0.1, 0.15) is 5.56 Å². The molecule has 0 amide bonds. The van der Waals surface area contributed by atoms with Crippen LogP contribution in [0.15, 0.2) is 100 Å². The van der Waals surface area contributed by atoms with Crippen molar-refractivity contribution in [1.82, 2.24) is 5.32 Å². The van der Waals surface area contributed by atoms with Crippen molar-refractivity contribution in [3.63, 3.8) is 0 Å². The van der Waals surface area contributed by atoms with Gasteiger partial charge in [-0.25, -0.2) is 0 Å². The van der Waals surface area contributed by atoms with Crippen molar-refractivity contribution in [2.24, 2.45) is 4.99 Å². The maximum absolute atomic E-state index is 6.62. The van der Waals surface area contributed by atoms with Crippen molar-refractivity contribution in [3.8, 4) is 45.1 Å². The zero-order valence-corrected chi connectivity index (χ0v) is 20.2. The van der Waals surface area contributed by atoms with Crippen LogP contribution in [0.3, 0.4) is 0 Å². The Bertz CT molecular complexity index is 1600. The molecule has 0 spiro atoms. The van der Waals surface area contributed by atoms with Gasteiger partial charge in [-0.15, -0.1) is 0 Å². The Hall–Kier alpha value is -4.51. The van der Waals surface area contributed by atoms with Gasteiger partial charge >= 0.3 is 0 Å². The number of furan rings is 1. The molecule has 5 heteroatoms. The Morgan fingerprint density at radius 1 is 0.694 bits per heavy atom. The lowest BCUT2D eigenvalue weighted by molar-refractivity contribution is 0.416. The van der Waals surface area contributed by atoms with Gasteiger partial charge in [0.1, 0.15) is 28.7 Å². The summed E-state index contributed by atoms with van der Waals surface area (Å²) in [4.78, 5) is 4.64. The monoisotopic (exact) mass is 474 g/mol. The number of fused-ring (bicyclic) bond motifs is 1. The summed E-state index contributed by atoms with van der Waals surface area (Å²) in [5.41, 5.74) is 6.85. The molecule has 0 fully saturated rings. The number of methoxy groups -OCH3 is 2. The third kappa shape index (κ3) is 3.79. The summed E-state index contributed by atoms with van der Waals surface area (Å²) in [5, 5.41) is 4.40. The van der Waals surface area contributed by atoms with Crippen molar-refractivity contribution in [1.29, 1.82) is 0 Å². The Labute approximate surface area is 210 Å². The molecule has 178 valence electrons. The summed E-state index contributed by atoms with van der Waals surface area (Å²) in [6.45, 7) is 1.63. The van der Waals surface area contributed by atoms with Gasteiger partial charge in [0.05, 0.1) is 20.8 Å². The zero-order valence-electron chi connectivity index (χ0n) is 20.2. The fourth-order valence-electron chi connectivity index (χ4n) is 4.87. The minimum absolute atomic E-state index is 0.782. The molecule has 2 heterocycles. The van der Waals surface area contributed by atoms with Crippen LogP contribution in [0, 0.1) is 0 Å². The summed E-state index contributed by atoms with van der Waals surface area (Å²) >= 11 is 0. The normalized spacial score (nSPS) is 12.9. The molecular weight excluding hydrogens is 448 g/mol. The van der Waals surface area contributed by atoms with E-state index in [-0.39, 0.29) is 0 Å². The average molecular weight is 475 g/mol. The Kier molecular flexibility index (Phi) is 5.66. The van der Waals surface area contributed by atoms with Gasteiger partial charge in [0.15, 0.2) is 0 Å². The largest absolute Gasteiger partial charge is 0.496 e. The molecule has 0 aliphatic carbocycles. The molecule has 0 saturated heterocycles. The fraction of sp³-hybridized carbons (Fsp3) is 0.129. The molecule has 4 aromatic carbocycles. The molecule has 36 heavy (non-hydrogen) atoms. The summed E-state index contributed by atoms with van der Waals surface area (Å²) in [6.07, 6.45) is 0. The third-order valence-corrected chi connectivity index (χ3v) is 6.55. The lowest BCUT2D eigenvalue weighted by Crippen LogP contribution is -2.20. The van der Waals surface area contributed by atoms with Gasteiger partial charge in [-0.1, -0.05) is 60.7 Å². The van der Waals surface area contributed by atoms with Crippen LogP contribution in [0.5, 0.6) is 11.5 Å². The second kappa shape index (κ2) is 9.27. The number of nitrogens with one attached hydrogen (secondary N) is 1. The minimum Gasteiger partial charge on any atom is -0.496 e. The topological polar surface area (TPSA) is 56.0 Å². The molecule has 1 aliphatic rings. The molecule has 1 aromatic heterocycles. The van der Waals surface area contributed by atoms with E-state index in [4.69, 9.17) is 13.9 Å². The van der Waals surface area contributed by atoms with E-state index in [9.17, 15) is 0 Å². The number of para-hydroxylation sites is 2. The summed E-state index contributed by atoms with van der Waals surface area (Å²) in [6, 6.07) is 30.7. The van der Waals surface area contributed by atoms with Gasteiger partial charge in [-0.05, 0) is 35.9 Å². The summed E-state index contributed by atoms with van der Waals surface area (Å²) < 4.78 is 18.0. The first-order chi connectivity index (χ1) is 17.8. The van der Waals surface area contributed by atoms with Crippen LogP contribution in [0.2, 0.25) is 0 Å².